The minimum Gasteiger partial charge on any atom is -0.383 e. The van der Waals surface area contributed by atoms with Crippen molar-refractivity contribution in [1.82, 2.24) is 0 Å². The molecule has 0 saturated carbocycles. The maximum atomic E-state index is 10.3. The van der Waals surface area contributed by atoms with E-state index in [9.17, 15) is 5.11 Å². The van der Waals surface area contributed by atoms with Gasteiger partial charge in [-0.05, 0) is 45.8 Å². The van der Waals surface area contributed by atoms with Gasteiger partial charge >= 0.3 is 0 Å². The van der Waals surface area contributed by atoms with Crippen LogP contribution in [0.1, 0.15) is 16.5 Å². The number of hydrogen-bond acceptors (Lipinski definition) is 2. The quantitative estimate of drug-likeness (QED) is 0.602. The van der Waals surface area contributed by atoms with E-state index < -0.39 is 6.10 Å². The van der Waals surface area contributed by atoms with E-state index in [0.29, 0.717) is 4.34 Å². The molecule has 1 nitrogen and oxygen atoms in total. The van der Waals surface area contributed by atoms with Crippen molar-refractivity contribution in [2.24, 2.45) is 0 Å². The molecule has 0 aliphatic carbocycles. The van der Waals surface area contributed by atoms with Crippen LogP contribution >= 0.6 is 70.7 Å². The molecule has 1 aromatic heterocycles. The van der Waals surface area contributed by atoms with Crippen LogP contribution in [0.2, 0.25) is 4.34 Å². The lowest BCUT2D eigenvalue weighted by atomic mass is 10.1. The summed E-state index contributed by atoms with van der Waals surface area (Å²) in [5.74, 6) is 0. The fourth-order valence-corrected chi connectivity index (χ4v) is 4.48. The number of hydrogen-bond donors (Lipinski definition) is 1. The van der Waals surface area contributed by atoms with Crippen LogP contribution in [0.4, 0.5) is 0 Å². The van der Waals surface area contributed by atoms with Gasteiger partial charge < -0.3 is 5.11 Å². The van der Waals surface area contributed by atoms with Gasteiger partial charge in [0, 0.05) is 18.3 Å². The van der Waals surface area contributed by atoms with E-state index >= 15 is 0 Å². The van der Waals surface area contributed by atoms with Gasteiger partial charge in [0.2, 0.25) is 0 Å². The third-order valence-electron chi connectivity index (χ3n) is 2.13. The maximum absolute atomic E-state index is 10.3. The maximum Gasteiger partial charge on any atom is 0.113 e. The molecule has 1 aromatic carbocycles. The predicted molar refractivity (Wildman–Crippen MR) is 82.9 cm³/mol. The minimum absolute atomic E-state index is 0.646. The number of thiophene rings is 1. The molecule has 0 saturated heterocycles. The molecule has 90 valence electrons. The van der Waals surface area contributed by atoms with E-state index in [0.717, 1.165) is 23.9 Å². The Hall–Kier alpha value is 0.610. The highest BCUT2D eigenvalue weighted by Crippen LogP contribution is 2.38. The Morgan fingerprint density at radius 1 is 1.06 bits per heavy atom. The molecule has 1 N–H and O–H groups in total. The van der Waals surface area contributed by atoms with Crippen LogP contribution in [-0.2, 0) is 0 Å². The Morgan fingerprint density at radius 3 is 2.12 bits per heavy atom. The summed E-state index contributed by atoms with van der Waals surface area (Å²) in [7, 11) is 0. The first-order chi connectivity index (χ1) is 7.97. The summed E-state index contributed by atoms with van der Waals surface area (Å²) in [5.41, 5.74) is 0.816. The lowest BCUT2D eigenvalue weighted by Crippen LogP contribution is -1.96. The van der Waals surface area contributed by atoms with Gasteiger partial charge in [-0.25, -0.2) is 0 Å². The molecule has 2 aromatic rings. The average Bonchev–Trinajstić information content (AvgIpc) is 2.57. The normalized spacial score (nSPS) is 12.8. The van der Waals surface area contributed by atoms with Crippen molar-refractivity contribution in [3.8, 4) is 0 Å². The fraction of sp³-hybridized carbons (Fsp3) is 0.0909. The molecule has 1 heterocycles. The van der Waals surface area contributed by atoms with Crippen molar-refractivity contribution < 1.29 is 5.11 Å². The van der Waals surface area contributed by atoms with Crippen molar-refractivity contribution in [3.63, 3.8) is 0 Å². The number of benzene rings is 1. The molecule has 1 atom stereocenters. The van der Waals surface area contributed by atoms with Gasteiger partial charge in [-0.1, -0.05) is 43.5 Å². The molecular formula is C11H6Br3ClOS. The van der Waals surface area contributed by atoms with Gasteiger partial charge in [0.05, 0.1) is 0 Å². The molecule has 1 unspecified atom stereocenters. The van der Waals surface area contributed by atoms with Gasteiger partial charge in [-0.15, -0.1) is 11.3 Å². The van der Waals surface area contributed by atoms with Crippen LogP contribution in [0, 0.1) is 0 Å². The first kappa shape index (κ1) is 14.0. The molecule has 0 aliphatic rings. The van der Waals surface area contributed by atoms with Crippen molar-refractivity contribution in [3.05, 3.63) is 52.5 Å². The van der Waals surface area contributed by atoms with Crippen LogP contribution in [0.3, 0.4) is 0 Å². The number of rotatable bonds is 2. The van der Waals surface area contributed by atoms with Crippen LogP contribution in [-0.4, -0.2) is 5.11 Å². The van der Waals surface area contributed by atoms with Crippen molar-refractivity contribution in [2.45, 2.75) is 6.10 Å². The summed E-state index contributed by atoms with van der Waals surface area (Å²) in [6.45, 7) is 0. The summed E-state index contributed by atoms with van der Waals surface area (Å²) in [6, 6.07) is 7.54. The molecule has 17 heavy (non-hydrogen) atoms. The Kier molecular flexibility index (Phi) is 4.72. The van der Waals surface area contributed by atoms with Crippen molar-refractivity contribution >= 4 is 70.7 Å². The van der Waals surface area contributed by atoms with E-state index in [-0.39, 0.29) is 0 Å². The molecule has 0 radical (unpaired) electrons. The summed E-state index contributed by atoms with van der Waals surface area (Å²) >= 11 is 17.5. The first-order valence-corrected chi connectivity index (χ1v) is 8.13. The first-order valence-electron chi connectivity index (χ1n) is 4.56. The molecule has 0 fully saturated rings. The van der Waals surface area contributed by atoms with E-state index in [1.165, 1.54) is 11.3 Å². The zero-order valence-corrected chi connectivity index (χ0v) is 14.6. The highest BCUT2D eigenvalue weighted by Gasteiger charge is 2.16. The van der Waals surface area contributed by atoms with Crippen molar-refractivity contribution in [2.75, 3.05) is 0 Å². The number of aliphatic hydroxyl groups is 1. The van der Waals surface area contributed by atoms with Gasteiger partial charge in [0.15, 0.2) is 0 Å². The van der Waals surface area contributed by atoms with E-state index in [1.54, 1.807) is 0 Å². The van der Waals surface area contributed by atoms with Gasteiger partial charge in [-0.3, -0.25) is 0 Å². The average molecular weight is 461 g/mol. The lowest BCUT2D eigenvalue weighted by Gasteiger charge is -2.09. The molecule has 0 spiro atoms. The topological polar surface area (TPSA) is 20.2 Å². The smallest absolute Gasteiger partial charge is 0.113 e. The van der Waals surface area contributed by atoms with Gasteiger partial charge in [0.1, 0.15) is 10.4 Å². The van der Waals surface area contributed by atoms with Crippen molar-refractivity contribution in [1.29, 1.82) is 0 Å². The zero-order valence-electron chi connectivity index (χ0n) is 8.25. The Morgan fingerprint density at radius 2 is 1.65 bits per heavy atom. The largest absolute Gasteiger partial charge is 0.383 e. The third-order valence-corrected chi connectivity index (χ3v) is 5.58. The Balaban J connectivity index is 2.39. The Labute approximate surface area is 133 Å². The van der Waals surface area contributed by atoms with Gasteiger partial charge in [-0.2, -0.15) is 0 Å². The van der Waals surface area contributed by atoms with E-state index in [2.05, 4.69) is 47.8 Å². The molecule has 0 aliphatic heterocycles. The predicted octanol–water partition coefficient (Wildman–Crippen LogP) is 5.77. The fourth-order valence-electron chi connectivity index (χ4n) is 1.40. The highest BCUT2D eigenvalue weighted by atomic mass is 79.9. The molecular weight excluding hydrogens is 455 g/mol. The minimum atomic E-state index is -0.669. The Bertz CT molecular complexity index is 516. The van der Waals surface area contributed by atoms with Crippen LogP contribution in [0.15, 0.2) is 37.7 Å². The second-order valence-electron chi connectivity index (χ2n) is 3.38. The van der Waals surface area contributed by atoms with E-state index in [1.807, 2.05) is 24.3 Å². The third kappa shape index (κ3) is 3.33. The summed E-state index contributed by atoms with van der Waals surface area (Å²) in [6.07, 6.45) is -0.669. The SMILES string of the molecule is OC(c1cc(Br)cc(Br)c1)c1cc(Br)c(Cl)s1. The summed E-state index contributed by atoms with van der Waals surface area (Å²) in [5, 5.41) is 10.3. The van der Waals surface area contributed by atoms with E-state index in [4.69, 9.17) is 11.6 Å². The summed E-state index contributed by atoms with van der Waals surface area (Å²) in [4.78, 5) is 0.812. The summed E-state index contributed by atoms with van der Waals surface area (Å²) < 4.78 is 3.30. The molecule has 0 bridgehead atoms. The molecule has 0 amide bonds. The second kappa shape index (κ2) is 5.72. The molecule has 6 heteroatoms. The van der Waals surface area contributed by atoms with Gasteiger partial charge in [0.25, 0.3) is 0 Å². The monoisotopic (exact) mass is 458 g/mol. The number of halogens is 4. The van der Waals surface area contributed by atoms with Crippen LogP contribution < -0.4 is 0 Å². The zero-order chi connectivity index (χ0) is 12.6. The number of aliphatic hydroxyl groups excluding tert-OH is 1. The van der Waals surface area contributed by atoms with Crippen LogP contribution in [0.25, 0.3) is 0 Å². The second-order valence-corrected chi connectivity index (χ2v) is 7.75. The highest BCUT2D eigenvalue weighted by molar-refractivity contribution is 9.11. The lowest BCUT2D eigenvalue weighted by molar-refractivity contribution is 0.224. The van der Waals surface area contributed by atoms with Crippen LogP contribution in [0.5, 0.6) is 0 Å². The standard InChI is InChI=1S/C11H6Br3ClOS/c12-6-1-5(2-7(13)3-6)10(16)9-4-8(14)11(15)17-9/h1-4,10,16H. The molecule has 2 rings (SSSR count).